The number of methoxy groups -OCH3 is 1. The summed E-state index contributed by atoms with van der Waals surface area (Å²) in [5, 5.41) is 0.835. The number of nitrogens with two attached hydrogens (primary N) is 1. The third-order valence-corrected chi connectivity index (χ3v) is 5.23. The summed E-state index contributed by atoms with van der Waals surface area (Å²) in [6.07, 6.45) is 5.65. The van der Waals surface area contributed by atoms with Gasteiger partial charge in [0.25, 0.3) is 0 Å². The van der Waals surface area contributed by atoms with Crippen molar-refractivity contribution < 1.29 is 14.2 Å². The number of hydrogen-bond donors (Lipinski definition) is 1. The van der Waals surface area contributed by atoms with E-state index >= 15 is 0 Å². The highest BCUT2D eigenvalue weighted by molar-refractivity contribution is 5.92. The molecule has 4 rings (SSSR count). The molecular weight excluding hydrogens is 332 g/mol. The molecule has 2 N–H and O–H groups in total. The van der Waals surface area contributed by atoms with Crippen LogP contribution in [0.1, 0.15) is 25.7 Å². The Morgan fingerprint density at radius 3 is 2.62 bits per heavy atom. The average Bonchev–Trinajstić information content (AvgIpc) is 2.69. The maximum Gasteiger partial charge on any atom is 0.228 e. The topological polar surface area (TPSA) is 82.7 Å². The van der Waals surface area contributed by atoms with Gasteiger partial charge in [0.2, 0.25) is 5.88 Å². The van der Waals surface area contributed by atoms with Gasteiger partial charge in [0.05, 0.1) is 31.9 Å². The smallest absolute Gasteiger partial charge is 0.228 e. The molecule has 1 aromatic carbocycles. The standard InChI is InChI=1S/C19H26N4O3/c1-24-19-18-16(21-12-22-19)10-14(23-6-8-25-9-7-23)11-17(18)26-15-4-2-13(20)3-5-15/h10-13,15H,2-9,20H2,1H3. The van der Waals surface area contributed by atoms with Crippen molar-refractivity contribution in [1.82, 2.24) is 9.97 Å². The molecule has 0 unspecified atom stereocenters. The van der Waals surface area contributed by atoms with Gasteiger partial charge < -0.3 is 24.8 Å². The molecule has 7 nitrogen and oxygen atoms in total. The van der Waals surface area contributed by atoms with E-state index in [4.69, 9.17) is 19.9 Å². The van der Waals surface area contributed by atoms with Gasteiger partial charge in [-0.2, -0.15) is 0 Å². The lowest BCUT2D eigenvalue weighted by molar-refractivity contribution is 0.122. The van der Waals surface area contributed by atoms with Crippen molar-refractivity contribution in [3.63, 3.8) is 0 Å². The monoisotopic (exact) mass is 358 g/mol. The molecule has 1 aliphatic carbocycles. The summed E-state index contributed by atoms with van der Waals surface area (Å²) in [6.45, 7) is 3.21. The molecule has 0 bridgehead atoms. The molecule has 2 fully saturated rings. The first kappa shape index (κ1) is 17.3. The minimum Gasteiger partial charge on any atom is -0.489 e. The second kappa shape index (κ2) is 7.63. The van der Waals surface area contributed by atoms with Gasteiger partial charge in [-0.25, -0.2) is 9.97 Å². The summed E-state index contributed by atoms with van der Waals surface area (Å²) in [5.74, 6) is 1.34. The van der Waals surface area contributed by atoms with E-state index in [1.54, 1.807) is 7.11 Å². The Bertz CT molecular complexity index is 756. The van der Waals surface area contributed by atoms with E-state index in [0.717, 1.165) is 74.3 Å². The van der Waals surface area contributed by atoms with Crippen molar-refractivity contribution in [2.24, 2.45) is 5.73 Å². The molecule has 140 valence electrons. The molecule has 2 aromatic rings. The first-order chi connectivity index (χ1) is 12.7. The van der Waals surface area contributed by atoms with Gasteiger partial charge >= 0.3 is 0 Å². The highest BCUT2D eigenvalue weighted by Gasteiger charge is 2.23. The van der Waals surface area contributed by atoms with E-state index in [1.807, 2.05) is 0 Å². The molecule has 0 amide bonds. The van der Waals surface area contributed by atoms with E-state index < -0.39 is 0 Å². The van der Waals surface area contributed by atoms with Gasteiger partial charge in [-0.15, -0.1) is 0 Å². The van der Waals surface area contributed by atoms with E-state index in [-0.39, 0.29) is 6.10 Å². The highest BCUT2D eigenvalue weighted by atomic mass is 16.5. The zero-order valence-electron chi connectivity index (χ0n) is 15.2. The Morgan fingerprint density at radius 1 is 1.12 bits per heavy atom. The predicted octanol–water partition coefficient (Wildman–Crippen LogP) is 2.12. The molecule has 7 heteroatoms. The van der Waals surface area contributed by atoms with Crippen LogP contribution in [0.4, 0.5) is 5.69 Å². The van der Waals surface area contributed by atoms with E-state index in [2.05, 4.69) is 27.0 Å². The van der Waals surface area contributed by atoms with Crippen LogP contribution in [0, 0.1) is 0 Å². The highest BCUT2D eigenvalue weighted by Crippen LogP contribution is 2.37. The molecule has 2 aliphatic rings. The van der Waals surface area contributed by atoms with Crippen LogP contribution in [0.2, 0.25) is 0 Å². The van der Waals surface area contributed by atoms with Gasteiger partial charge in [-0.1, -0.05) is 0 Å². The first-order valence-corrected chi connectivity index (χ1v) is 9.32. The summed E-state index contributed by atoms with van der Waals surface area (Å²) >= 11 is 0. The maximum atomic E-state index is 6.42. The summed E-state index contributed by atoms with van der Waals surface area (Å²) in [7, 11) is 1.63. The summed E-state index contributed by atoms with van der Waals surface area (Å²) in [6, 6.07) is 4.46. The van der Waals surface area contributed by atoms with Crippen LogP contribution in [0.3, 0.4) is 0 Å². The van der Waals surface area contributed by atoms with Gasteiger partial charge in [-0.3, -0.25) is 0 Å². The Morgan fingerprint density at radius 2 is 1.88 bits per heavy atom. The zero-order chi connectivity index (χ0) is 17.9. The Labute approximate surface area is 153 Å². The number of ether oxygens (including phenoxy) is 3. The van der Waals surface area contributed by atoms with Crippen molar-refractivity contribution in [1.29, 1.82) is 0 Å². The number of rotatable bonds is 4. The van der Waals surface area contributed by atoms with E-state index in [1.165, 1.54) is 6.33 Å². The molecule has 2 heterocycles. The zero-order valence-corrected chi connectivity index (χ0v) is 15.2. The van der Waals surface area contributed by atoms with Crippen LogP contribution in [0.15, 0.2) is 18.5 Å². The number of benzene rings is 1. The first-order valence-electron chi connectivity index (χ1n) is 9.32. The molecule has 0 radical (unpaired) electrons. The fourth-order valence-electron chi connectivity index (χ4n) is 3.75. The normalized spacial score (nSPS) is 23.8. The molecule has 26 heavy (non-hydrogen) atoms. The van der Waals surface area contributed by atoms with Crippen molar-refractivity contribution in [3.8, 4) is 11.6 Å². The van der Waals surface area contributed by atoms with Crippen molar-refractivity contribution >= 4 is 16.6 Å². The lowest BCUT2D eigenvalue weighted by Gasteiger charge is -2.31. The average molecular weight is 358 g/mol. The predicted molar refractivity (Wildman–Crippen MR) is 100.0 cm³/mol. The van der Waals surface area contributed by atoms with Gasteiger partial charge in [-0.05, 0) is 31.7 Å². The molecule has 1 saturated carbocycles. The quantitative estimate of drug-likeness (QED) is 0.896. The summed E-state index contributed by atoms with van der Waals surface area (Å²) in [4.78, 5) is 11.0. The van der Waals surface area contributed by atoms with Crippen molar-refractivity contribution in [2.75, 3.05) is 38.3 Å². The number of hydrogen-bond acceptors (Lipinski definition) is 7. The van der Waals surface area contributed by atoms with Gasteiger partial charge in [0, 0.05) is 30.9 Å². The van der Waals surface area contributed by atoms with Crippen LogP contribution >= 0.6 is 0 Å². The largest absolute Gasteiger partial charge is 0.489 e. The fourth-order valence-corrected chi connectivity index (χ4v) is 3.75. The third kappa shape index (κ3) is 3.54. The van der Waals surface area contributed by atoms with Crippen LogP contribution in [-0.2, 0) is 4.74 Å². The van der Waals surface area contributed by atoms with Gasteiger partial charge in [0.15, 0.2) is 0 Å². The number of nitrogens with zero attached hydrogens (tertiary/aromatic N) is 3. The number of aromatic nitrogens is 2. The third-order valence-electron chi connectivity index (χ3n) is 5.23. The molecule has 1 aromatic heterocycles. The molecule has 0 spiro atoms. The molecule has 0 atom stereocenters. The molecule has 1 saturated heterocycles. The second-order valence-electron chi connectivity index (χ2n) is 6.98. The molecule has 1 aliphatic heterocycles. The van der Waals surface area contributed by atoms with E-state index in [9.17, 15) is 0 Å². The minimum absolute atomic E-state index is 0.169. The van der Waals surface area contributed by atoms with Crippen LogP contribution in [0.25, 0.3) is 10.9 Å². The van der Waals surface area contributed by atoms with Crippen LogP contribution in [0.5, 0.6) is 11.6 Å². The van der Waals surface area contributed by atoms with Crippen LogP contribution < -0.4 is 20.1 Å². The Balaban J connectivity index is 1.71. The fraction of sp³-hybridized carbons (Fsp3) is 0.579. The minimum atomic E-state index is 0.169. The lowest BCUT2D eigenvalue weighted by Crippen LogP contribution is -2.36. The van der Waals surface area contributed by atoms with Crippen molar-refractivity contribution in [2.45, 2.75) is 37.8 Å². The summed E-state index contributed by atoms with van der Waals surface area (Å²) < 4.78 is 17.4. The van der Waals surface area contributed by atoms with Crippen LogP contribution in [-0.4, -0.2) is 55.5 Å². The number of anilines is 1. The lowest BCUT2D eigenvalue weighted by atomic mass is 9.93. The maximum absolute atomic E-state index is 6.42. The van der Waals surface area contributed by atoms with Crippen molar-refractivity contribution in [3.05, 3.63) is 18.5 Å². The second-order valence-corrected chi connectivity index (χ2v) is 6.98. The number of morpholine rings is 1. The Hall–Kier alpha value is -2.12. The Kier molecular flexibility index (Phi) is 5.08. The van der Waals surface area contributed by atoms with Gasteiger partial charge in [0.1, 0.15) is 17.5 Å². The SMILES string of the molecule is COc1ncnc2cc(N3CCOCC3)cc(OC3CCC(N)CC3)c12. The molecular formula is C19H26N4O3. The van der Waals surface area contributed by atoms with E-state index in [0.29, 0.717) is 11.9 Å². The number of fused-ring (bicyclic) bond motifs is 1. The summed E-state index contributed by atoms with van der Waals surface area (Å²) in [5.41, 5.74) is 7.97.